The van der Waals surface area contributed by atoms with E-state index in [2.05, 4.69) is 5.32 Å². The number of hydrogen-bond donors (Lipinski definition) is 2. The molecule has 100 valence electrons. The lowest BCUT2D eigenvalue weighted by molar-refractivity contribution is -0.121. The van der Waals surface area contributed by atoms with Crippen LogP contribution in [0.5, 0.6) is 5.75 Å². The number of carbonyl (C=O) groups is 1. The predicted molar refractivity (Wildman–Crippen MR) is 70.6 cm³/mol. The van der Waals surface area contributed by atoms with Gasteiger partial charge in [-0.3, -0.25) is 4.79 Å². The lowest BCUT2D eigenvalue weighted by Gasteiger charge is -2.12. The molecular formula is C14H21NO3. The van der Waals surface area contributed by atoms with E-state index in [1.165, 1.54) is 0 Å². The second-order valence-corrected chi connectivity index (χ2v) is 4.23. The summed E-state index contributed by atoms with van der Waals surface area (Å²) in [5, 5.41) is 11.6. The van der Waals surface area contributed by atoms with Gasteiger partial charge in [0.05, 0.1) is 13.0 Å². The summed E-state index contributed by atoms with van der Waals surface area (Å²) in [6.07, 6.45) is 0.928. The van der Waals surface area contributed by atoms with Crippen LogP contribution in [0.25, 0.3) is 0 Å². The van der Waals surface area contributed by atoms with Crippen molar-refractivity contribution in [3.8, 4) is 5.75 Å². The Morgan fingerprint density at radius 2 is 2.06 bits per heavy atom. The van der Waals surface area contributed by atoms with Crippen molar-refractivity contribution in [2.45, 2.75) is 32.7 Å². The van der Waals surface area contributed by atoms with Crippen molar-refractivity contribution in [1.29, 1.82) is 0 Å². The fraction of sp³-hybridized carbons (Fsp3) is 0.500. The first-order valence-corrected chi connectivity index (χ1v) is 6.27. The molecule has 0 heterocycles. The van der Waals surface area contributed by atoms with E-state index >= 15 is 0 Å². The molecular weight excluding hydrogens is 230 g/mol. The van der Waals surface area contributed by atoms with E-state index in [0.717, 1.165) is 11.3 Å². The van der Waals surface area contributed by atoms with Crippen molar-refractivity contribution >= 4 is 5.91 Å². The third-order valence-corrected chi connectivity index (χ3v) is 2.57. The Hall–Kier alpha value is -1.55. The molecule has 0 fully saturated rings. The van der Waals surface area contributed by atoms with Crippen LogP contribution < -0.4 is 10.1 Å². The number of aliphatic hydroxyl groups is 1. The Labute approximate surface area is 108 Å². The molecule has 0 aliphatic heterocycles. The van der Waals surface area contributed by atoms with Gasteiger partial charge in [-0.2, -0.15) is 0 Å². The topological polar surface area (TPSA) is 58.6 Å². The van der Waals surface area contributed by atoms with Gasteiger partial charge in [0.25, 0.3) is 0 Å². The number of hydrogen-bond acceptors (Lipinski definition) is 3. The third-order valence-electron chi connectivity index (χ3n) is 2.57. The molecule has 0 saturated heterocycles. The Balaban J connectivity index is 2.44. The van der Waals surface area contributed by atoms with E-state index in [0.29, 0.717) is 19.4 Å². The van der Waals surface area contributed by atoms with Crippen molar-refractivity contribution in [2.75, 3.05) is 13.2 Å². The summed E-state index contributed by atoms with van der Waals surface area (Å²) in [5.74, 6) is 0.787. The van der Waals surface area contributed by atoms with Gasteiger partial charge in [-0.25, -0.2) is 0 Å². The minimum absolute atomic E-state index is 0.00481. The average Bonchev–Trinajstić information content (AvgIpc) is 2.32. The predicted octanol–water partition coefficient (Wildman–Crippen LogP) is 1.51. The minimum Gasteiger partial charge on any atom is -0.494 e. The normalized spacial score (nSPS) is 11.9. The number of benzene rings is 1. The van der Waals surface area contributed by atoms with Gasteiger partial charge >= 0.3 is 0 Å². The third kappa shape index (κ3) is 5.19. The van der Waals surface area contributed by atoms with Gasteiger partial charge in [0.1, 0.15) is 5.75 Å². The number of carbonyl (C=O) groups excluding carboxylic acids is 1. The van der Waals surface area contributed by atoms with Gasteiger partial charge < -0.3 is 15.2 Å². The van der Waals surface area contributed by atoms with Gasteiger partial charge in [-0.05, 0) is 38.0 Å². The molecule has 0 bridgehead atoms. The second-order valence-electron chi connectivity index (χ2n) is 4.23. The Morgan fingerprint density at radius 1 is 1.39 bits per heavy atom. The van der Waals surface area contributed by atoms with Crippen LogP contribution in [0.3, 0.4) is 0 Å². The maximum atomic E-state index is 11.7. The van der Waals surface area contributed by atoms with E-state index in [1.807, 2.05) is 38.1 Å². The van der Waals surface area contributed by atoms with Crippen LogP contribution in [0, 0.1) is 0 Å². The highest BCUT2D eigenvalue weighted by molar-refractivity contribution is 5.78. The number of nitrogens with one attached hydrogen (secondary N) is 1. The molecule has 18 heavy (non-hydrogen) atoms. The monoisotopic (exact) mass is 251 g/mol. The molecule has 4 nitrogen and oxygen atoms in total. The van der Waals surface area contributed by atoms with Gasteiger partial charge in [0.2, 0.25) is 5.91 Å². The quantitative estimate of drug-likeness (QED) is 0.772. The molecule has 0 aromatic heterocycles. The van der Waals surface area contributed by atoms with E-state index < -0.39 is 0 Å². The highest BCUT2D eigenvalue weighted by Gasteiger charge is 2.07. The fourth-order valence-electron chi connectivity index (χ4n) is 1.65. The summed E-state index contributed by atoms with van der Waals surface area (Å²) < 4.78 is 5.33. The van der Waals surface area contributed by atoms with Crippen LogP contribution in [-0.4, -0.2) is 30.3 Å². The van der Waals surface area contributed by atoms with Crippen molar-refractivity contribution in [3.63, 3.8) is 0 Å². The molecule has 2 N–H and O–H groups in total. The average molecular weight is 251 g/mol. The second kappa shape index (κ2) is 7.71. The molecule has 1 amide bonds. The zero-order valence-corrected chi connectivity index (χ0v) is 11.0. The van der Waals surface area contributed by atoms with Crippen molar-refractivity contribution in [2.24, 2.45) is 0 Å². The molecule has 0 spiro atoms. The van der Waals surface area contributed by atoms with Crippen LogP contribution in [0.15, 0.2) is 24.3 Å². The summed E-state index contributed by atoms with van der Waals surface area (Å²) >= 11 is 0. The number of rotatable bonds is 7. The largest absolute Gasteiger partial charge is 0.494 e. The molecule has 1 aromatic carbocycles. The summed E-state index contributed by atoms with van der Waals surface area (Å²) in [4.78, 5) is 11.7. The number of amides is 1. The SMILES string of the molecule is CCOc1ccc(CC(=O)NC(C)CCO)cc1. The van der Waals surface area contributed by atoms with Crippen LogP contribution in [0.2, 0.25) is 0 Å². The maximum absolute atomic E-state index is 11.7. The zero-order valence-electron chi connectivity index (χ0n) is 11.0. The fourth-order valence-corrected chi connectivity index (χ4v) is 1.65. The van der Waals surface area contributed by atoms with E-state index in [9.17, 15) is 4.79 Å². The molecule has 1 unspecified atom stereocenters. The van der Waals surface area contributed by atoms with Crippen LogP contribution in [0.4, 0.5) is 0 Å². The Bertz CT molecular complexity index is 362. The summed E-state index contributed by atoms with van der Waals surface area (Å²) in [6.45, 7) is 4.54. The lowest BCUT2D eigenvalue weighted by atomic mass is 10.1. The smallest absolute Gasteiger partial charge is 0.224 e. The molecule has 0 aliphatic rings. The molecule has 0 saturated carbocycles. The van der Waals surface area contributed by atoms with Crippen molar-refractivity contribution in [1.82, 2.24) is 5.32 Å². The van der Waals surface area contributed by atoms with Gasteiger partial charge in [0, 0.05) is 12.6 Å². The first-order chi connectivity index (χ1) is 8.65. The van der Waals surface area contributed by atoms with Crippen LogP contribution >= 0.6 is 0 Å². The van der Waals surface area contributed by atoms with Gasteiger partial charge in [-0.1, -0.05) is 12.1 Å². The van der Waals surface area contributed by atoms with Gasteiger partial charge in [-0.15, -0.1) is 0 Å². The van der Waals surface area contributed by atoms with E-state index in [1.54, 1.807) is 0 Å². The summed E-state index contributed by atoms with van der Waals surface area (Å²) in [6, 6.07) is 7.51. The summed E-state index contributed by atoms with van der Waals surface area (Å²) in [5.41, 5.74) is 0.951. The van der Waals surface area contributed by atoms with E-state index in [4.69, 9.17) is 9.84 Å². The standard InChI is InChI=1S/C14H21NO3/c1-3-18-13-6-4-12(5-7-13)10-14(17)15-11(2)8-9-16/h4-7,11,16H,3,8-10H2,1-2H3,(H,15,17). The molecule has 0 aliphatic carbocycles. The molecule has 0 radical (unpaired) electrons. The van der Waals surface area contributed by atoms with Crippen LogP contribution in [-0.2, 0) is 11.2 Å². The number of aliphatic hydroxyl groups excluding tert-OH is 1. The first-order valence-electron chi connectivity index (χ1n) is 6.27. The molecule has 1 aromatic rings. The van der Waals surface area contributed by atoms with Crippen LogP contribution in [0.1, 0.15) is 25.8 Å². The first kappa shape index (κ1) is 14.5. The molecule has 1 atom stereocenters. The van der Waals surface area contributed by atoms with Gasteiger partial charge in [0.15, 0.2) is 0 Å². The highest BCUT2D eigenvalue weighted by atomic mass is 16.5. The van der Waals surface area contributed by atoms with Crippen molar-refractivity contribution < 1.29 is 14.6 Å². The minimum atomic E-state index is -0.0277. The lowest BCUT2D eigenvalue weighted by Crippen LogP contribution is -2.34. The molecule has 4 heteroatoms. The highest BCUT2D eigenvalue weighted by Crippen LogP contribution is 2.12. The Kier molecular flexibility index (Phi) is 6.22. The summed E-state index contributed by atoms with van der Waals surface area (Å²) in [7, 11) is 0. The zero-order chi connectivity index (χ0) is 13.4. The van der Waals surface area contributed by atoms with Crippen molar-refractivity contribution in [3.05, 3.63) is 29.8 Å². The Morgan fingerprint density at radius 3 is 2.61 bits per heavy atom. The maximum Gasteiger partial charge on any atom is 0.224 e. The number of ether oxygens (including phenoxy) is 1. The van der Waals surface area contributed by atoms with E-state index in [-0.39, 0.29) is 18.6 Å². The molecule has 1 rings (SSSR count).